The molecule has 0 aromatic heterocycles. The molecule has 0 fully saturated rings. The Morgan fingerprint density at radius 3 is 2.19 bits per heavy atom. The van der Waals surface area contributed by atoms with Gasteiger partial charge in [0.15, 0.2) is 5.60 Å². The maximum atomic E-state index is 13.7. The summed E-state index contributed by atoms with van der Waals surface area (Å²) in [6, 6.07) is 3.91. The largest absolute Gasteiger partial charge is 0.496 e. The number of alkyl halides is 3. The van der Waals surface area contributed by atoms with Crippen molar-refractivity contribution in [3.05, 3.63) is 77.8 Å². The highest BCUT2D eigenvalue weighted by Gasteiger charge is 2.53. The van der Waals surface area contributed by atoms with Crippen LogP contribution in [0.4, 0.5) is 17.6 Å². The van der Waals surface area contributed by atoms with Crippen LogP contribution in [0, 0.1) is 5.82 Å². The molecule has 9 heteroatoms. The van der Waals surface area contributed by atoms with Crippen LogP contribution in [0.3, 0.4) is 0 Å². The number of carbonyl (C=O) groups excluding carboxylic acids is 1. The standard InChI is InChI=1S/C22H31F4NO2.C5H7NO/c1-6-7-15(2)12-17(27)14-21(28,22(24,25)26)11-10-20(3,4)18-13-16(23)8-9-19(18)29-5;1-3-4(2)5(6)7/h7-9,12-13,28H,6,10-11,14,27H2,1-5H3;3H,1-2H2,(H2,6,7)/b15-7+,17-12-;. The molecular weight excluding hydrogens is 476 g/mol. The molecule has 1 aromatic rings. The van der Waals surface area contributed by atoms with Gasteiger partial charge >= 0.3 is 6.18 Å². The fourth-order valence-corrected chi connectivity index (χ4v) is 3.36. The first-order valence-corrected chi connectivity index (χ1v) is 11.3. The maximum absolute atomic E-state index is 13.7. The molecule has 0 bridgehead atoms. The molecule has 0 saturated heterocycles. The highest BCUT2D eigenvalue weighted by molar-refractivity contribution is 5.93. The van der Waals surface area contributed by atoms with Gasteiger partial charge in [0.25, 0.3) is 0 Å². The summed E-state index contributed by atoms with van der Waals surface area (Å²) in [7, 11) is 1.41. The number of allylic oxidation sites excluding steroid dienone is 3. The Hall–Kier alpha value is -3.07. The molecule has 0 radical (unpaired) electrons. The Labute approximate surface area is 211 Å². The minimum absolute atomic E-state index is 0.0480. The maximum Gasteiger partial charge on any atom is 0.417 e. The molecule has 0 aliphatic carbocycles. The number of primary amides is 1. The zero-order valence-corrected chi connectivity index (χ0v) is 21.6. The zero-order chi connectivity index (χ0) is 28.3. The van der Waals surface area contributed by atoms with Crippen molar-refractivity contribution in [3.8, 4) is 5.75 Å². The number of hydrogen-bond acceptors (Lipinski definition) is 4. The predicted molar refractivity (Wildman–Crippen MR) is 136 cm³/mol. The van der Waals surface area contributed by atoms with Crippen molar-refractivity contribution in [2.45, 2.75) is 70.6 Å². The van der Waals surface area contributed by atoms with Crippen molar-refractivity contribution in [2.75, 3.05) is 7.11 Å². The summed E-state index contributed by atoms with van der Waals surface area (Å²) in [4.78, 5) is 9.98. The van der Waals surface area contributed by atoms with E-state index in [0.717, 1.165) is 12.0 Å². The molecule has 202 valence electrons. The number of rotatable bonds is 11. The third kappa shape index (κ3) is 10.3. The minimum atomic E-state index is -4.87. The number of hydrogen-bond donors (Lipinski definition) is 3. The van der Waals surface area contributed by atoms with E-state index in [1.807, 2.05) is 13.0 Å². The third-order valence-corrected chi connectivity index (χ3v) is 5.58. The van der Waals surface area contributed by atoms with Crippen LogP contribution in [0.15, 0.2) is 66.4 Å². The van der Waals surface area contributed by atoms with Gasteiger partial charge in [0.05, 0.1) is 7.11 Å². The molecule has 1 unspecified atom stereocenters. The van der Waals surface area contributed by atoms with E-state index in [1.54, 1.807) is 20.8 Å². The van der Waals surface area contributed by atoms with Crippen molar-refractivity contribution >= 4 is 5.91 Å². The van der Waals surface area contributed by atoms with Gasteiger partial charge in [-0.3, -0.25) is 4.79 Å². The number of halogens is 4. The number of benzene rings is 1. The lowest BCUT2D eigenvalue weighted by Gasteiger charge is -2.35. The minimum Gasteiger partial charge on any atom is -0.496 e. The highest BCUT2D eigenvalue weighted by atomic mass is 19.4. The average molecular weight is 515 g/mol. The molecule has 0 aliphatic rings. The molecule has 0 aliphatic heterocycles. The van der Waals surface area contributed by atoms with E-state index >= 15 is 0 Å². The van der Waals surface area contributed by atoms with Gasteiger partial charge in [0.2, 0.25) is 5.91 Å². The van der Waals surface area contributed by atoms with Crippen molar-refractivity contribution in [3.63, 3.8) is 0 Å². The van der Waals surface area contributed by atoms with Gasteiger partial charge in [0.1, 0.15) is 11.6 Å². The fraction of sp³-hybridized carbons (Fsp3) is 0.444. The van der Waals surface area contributed by atoms with Gasteiger partial charge in [-0.15, -0.1) is 0 Å². The molecule has 36 heavy (non-hydrogen) atoms. The summed E-state index contributed by atoms with van der Waals surface area (Å²) in [5.41, 5.74) is 8.05. The van der Waals surface area contributed by atoms with Crippen LogP contribution in [-0.4, -0.2) is 29.9 Å². The molecular formula is C27H38F4N2O3. The summed E-state index contributed by atoms with van der Waals surface area (Å²) < 4.78 is 60.1. The number of nitrogens with two attached hydrogens (primary N) is 2. The van der Waals surface area contributed by atoms with E-state index in [1.165, 1.54) is 37.5 Å². The van der Waals surface area contributed by atoms with Gasteiger partial charge in [0, 0.05) is 23.3 Å². The van der Waals surface area contributed by atoms with Crippen LogP contribution in [0.5, 0.6) is 5.75 Å². The molecule has 1 aromatic carbocycles. The second-order valence-electron chi connectivity index (χ2n) is 9.10. The van der Waals surface area contributed by atoms with Crippen LogP contribution in [0.1, 0.15) is 58.9 Å². The van der Waals surface area contributed by atoms with Gasteiger partial charge in [-0.05, 0) is 55.9 Å². The first-order chi connectivity index (χ1) is 16.4. The number of carbonyl (C=O) groups is 1. The number of methoxy groups -OCH3 is 1. The highest BCUT2D eigenvalue weighted by Crippen LogP contribution is 2.43. The monoisotopic (exact) mass is 514 g/mol. The molecule has 5 N–H and O–H groups in total. The van der Waals surface area contributed by atoms with Crippen LogP contribution >= 0.6 is 0 Å². The molecule has 1 atom stereocenters. The Bertz CT molecular complexity index is 982. The van der Waals surface area contributed by atoms with E-state index in [9.17, 15) is 27.5 Å². The second kappa shape index (κ2) is 13.9. The van der Waals surface area contributed by atoms with Crippen molar-refractivity contribution < 1.29 is 32.2 Å². The Kier molecular flexibility index (Phi) is 12.7. The fourth-order valence-electron chi connectivity index (χ4n) is 3.36. The van der Waals surface area contributed by atoms with Crippen LogP contribution in [0.25, 0.3) is 0 Å². The lowest BCUT2D eigenvalue weighted by atomic mass is 9.76. The predicted octanol–water partition coefficient (Wildman–Crippen LogP) is 5.99. The molecule has 1 amide bonds. The second-order valence-corrected chi connectivity index (χ2v) is 9.10. The summed E-state index contributed by atoms with van der Waals surface area (Å²) in [5, 5.41) is 10.5. The molecule has 0 heterocycles. The summed E-state index contributed by atoms with van der Waals surface area (Å²) in [5.74, 6) is -0.646. The molecule has 0 spiro atoms. The summed E-state index contributed by atoms with van der Waals surface area (Å²) in [6.07, 6.45) is -0.920. The Balaban J connectivity index is 0.00000152. The number of amides is 1. The van der Waals surface area contributed by atoms with Gasteiger partial charge in [-0.25, -0.2) is 4.39 Å². The van der Waals surface area contributed by atoms with Crippen LogP contribution < -0.4 is 16.2 Å². The SMILES string of the molecule is C=CC(=C)C(N)=O.CC/C=C(C)/C=C(\N)CC(O)(CCC(C)(C)c1cc(F)ccc1OC)C(F)(F)F. The van der Waals surface area contributed by atoms with Gasteiger partial charge in [-0.2, -0.15) is 13.2 Å². The lowest BCUT2D eigenvalue weighted by molar-refractivity contribution is -0.263. The smallest absolute Gasteiger partial charge is 0.417 e. The van der Waals surface area contributed by atoms with Crippen LogP contribution in [0.2, 0.25) is 0 Å². The quantitative estimate of drug-likeness (QED) is 0.192. The molecule has 5 nitrogen and oxygen atoms in total. The van der Waals surface area contributed by atoms with E-state index < -0.39 is 41.8 Å². The number of aliphatic hydroxyl groups is 1. The van der Waals surface area contributed by atoms with Gasteiger partial charge < -0.3 is 21.3 Å². The molecule has 1 rings (SSSR count). The van der Waals surface area contributed by atoms with E-state index in [2.05, 4.69) is 13.2 Å². The van der Waals surface area contributed by atoms with Crippen molar-refractivity contribution in [2.24, 2.45) is 11.5 Å². The molecule has 0 saturated carbocycles. The van der Waals surface area contributed by atoms with E-state index in [0.29, 0.717) is 11.3 Å². The first-order valence-electron chi connectivity index (χ1n) is 11.3. The van der Waals surface area contributed by atoms with E-state index in [4.69, 9.17) is 16.2 Å². The average Bonchev–Trinajstić information content (AvgIpc) is 2.76. The zero-order valence-electron chi connectivity index (χ0n) is 21.6. The van der Waals surface area contributed by atoms with Crippen molar-refractivity contribution in [1.29, 1.82) is 0 Å². The Morgan fingerprint density at radius 1 is 1.19 bits per heavy atom. The van der Waals surface area contributed by atoms with Gasteiger partial charge in [-0.1, -0.05) is 51.7 Å². The lowest BCUT2D eigenvalue weighted by Crippen LogP contribution is -2.47. The third-order valence-electron chi connectivity index (χ3n) is 5.58. The first kappa shape index (κ1) is 32.9. The normalized spacial score (nSPS) is 14.3. The summed E-state index contributed by atoms with van der Waals surface area (Å²) in [6.45, 7) is 13.6. The number of ether oxygens (including phenoxy) is 1. The Morgan fingerprint density at radius 2 is 1.78 bits per heavy atom. The van der Waals surface area contributed by atoms with E-state index in [-0.39, 0.29) is 17.7 Å². The summed E-state index contributed by atoms with van der Waals surface area (Å²) >= 11 is 0. The topological polar surface area (TPSA) is 98.6 Å². The van der Waals surface area contributed by atoms with Crippen LogP contribution in [-0.2, 0) is 10.2 Å². The van der Waals surface area contributed by atoms with Crippen molar-refractivity contribution in [1.82, 2.24) is 0 Å².